The summed E-state index contributed by atoms with van der Waals surface area (Å²) in [6, 6.07) is 0. The van der Waals surface area contributed by atoms with Crippen LogP contribution in [0, 0.1) is 0 Å². The van der Waals surface area contributed by atoms with Crippen molar-refractivity contribution < 1.29 is 32.5 Å². The van der Waals surface area contributed by atoms with Crippen LogP contribution in [0.3, 0.4) is 0 Å². The van der Waals surface area contributed by atoms with Crippen LogP contribution in [0.1, 0.15) is 155 Å². The van der Waals surface area contributed by atoms with Crippen LogP contribution in [0.4, 0.5) is 0 Å². The molecule has 0 bridgehead atoms. The Hall–Kier alpha value is -0.500. The van der Waals surface area contributed by atoms with Gasteiger partial charge in [-0.15, -0.1) is 0 Å². The minimum absolute atomic E-state index is 0.0210. The van der Waals surface area contributed by atoms with Gasteiger partial charge in [0.15, 0.2) is 0 Å². The van der Waals surface area contributed by atoms with Crippen molar-refractivity contribution in [2.45, 2.75) is 161 Å². The first-order valence-corrected chi connectivity index (χ1v) is 19.3. The first kappa shape index (κ1) is 42.5. The third kappa shape index (κ3) is 32.7. The van der Waals surface area contributed by atoms with E-state index in [-0.39, 0.29) is 25.7 Å². The van der Waals surface area contributed by atoms with E-state index in [0.29, 0.717) is 24.1 Å². The molecule has 1 unspecified atom stereocenters. The standard InChI is InChI=1S/C34H71N2O6P/c1-6-8-10-12-14-15-16-17-18-19-20-21-22-23-25-27-34(37)35-31-33(40-29-26-24-13-11-9-7-2)32-42-43(38,39)41-30-28-36(3,4)5/h33H,6-32H2,1-5H3,(H-,35,37,38,39)/t33-/m0/s1. The summed E-state index contributed by atoms with van der Waals surface area (Å²) in [7, 11) is 1.46. The van der Waals surface area contributed by atoms with E-state index < -0.39 is 13.9 Å². The lowest BCUT2D eigenvalue weighted by Gasteiger charge is -2.28. The number of phosphoric acid groups is 1. The third-order valence-electron chi connectivity index (χ3n) is 7.82. The van der Waals surface area contributed by atoms with Gasteiger partial charge in [0.25, 0.3) is 7.82 Å². The van der Waals surface area contributed by atoms with Gasteiger partial charge < -0.3 is 28.5 Å². The van der Waals surface area contributed by atoms with E-state index in [1.54, 1.807) is 0 Å². The Kier molecular flexibility index (Phi) is 28.6. The van der Waals surface area contributed by atoms with Crippen LogP contribution in [0.15, 0.2) is 0 Å². The number of ether oxygens (including phenoxy) is 1. The molecule has 0 radical (unpaired) electrons. The van der Waals surface area contributed by atoms with Crippen LogP contribution in [0.25, 0.3) is 0 Å². The van der Waals surface area contributed by atoms with Gasteiger partial charge in [-0.2, -0.15) is 0 Å². The molecule has 43 heavy (non-hydrogen) atoms. The van der Waals surface area contributed by atoms with Gasteiger partial charge in [0, 0.05) is 19.6 Å². The molecule has 0 aliphatic carbocycles. The van der Waals surface area contributed by atoms with Crippen molar-refractivity contribution >= 4 is 13.7 Å². The summed E-state index contributed by atoms with van der Waals surface area (Å²) in [6.07, 6.45) is 26.2. The van der Waals surface area contributed by atoms with Gasteiger partial charge in [-0.3, -0.25) is 9.36 Å². The number of nitrogens with one attached hydrogen (secondary N) is 1. The first-order chi connectivity index (χ1) is 20.6. The van der Waals surface area contributed by atoms with Gasteiger partial charge in [-0.1, -0.05) is 136 Å². The average molecular weight is 635 g/mol. The Labute approximate surface area is 266 Å². The molecule has 0 fully saturated rings. The number of likely N-dealkylation sites (N-methyl/N-ethyl adjacent to an activating group) is 1. The maximum absolute atomic E-state index is 12.4. The topological polar surface area (TPSA) is 96.9 Å². The number of carbonyl (C=O) groups excluding carboxylic acids is 1. The summed E-state index contributed by atoms with van der Waals surface area (Å²) in [5, 5.41) is 2.92. The molecule has 0 heterocycles. The van der Waals surface area contributed by atoms with E-state index >= 15 is 0 Å². The molecule has 258 valence electrons. The van der Waals surface area contributed by atoms with Crippen molar-refractivity contribution in [1.82, 2.24) is 5.32 Å². The molecule has 0 aromatic carbocycles. The van der Waals surface area contributed by atoms with Crippen LogP contribution >= 0.6 is 7.82 Å². The summed E-state index contributed by atoms with van der Waals surface area (Å²) < 4.78 is 28.9. The molecule has 0 rings (SSSR count). The zero-order valence-electron chi connectivity index (χ0n) is 29.0. The fraction of sp³-hybridized carbons (Fsp3) is 0.971. The van der Waals surface area contributed by atoms with E-state index in [2.05, 4.69) is 19.2 Å². The van der Waals surface area contributed by atoms with E-state index in [1.807, 2.05) is 21.1 Å². The summed E-state index contributed by atoms with van der Waals surface area (Å²) >= 11 is 0. The number of phosphoric ester groups is 1. The van der Waals surface area contributed by atoms with Crippen molar-refractivity contribution in [3.8, 4) is 0 Å². The molecular formula is C34H71N2O6P. The largest absolute Gasteiger partial charge is 0.756 e. The molecule has 0 aromatic heterocycles. The van der Waals surface area contributed by atoms with Gasteiger partial charge in [0.2, 0.25) is 5.91 Å². The van der Waals surface area contributed by atoms with Crippen molar-refractivity contribution in [3.05, 3.63) is 0 Å². The third-order valence-corrected chi connectivity index (χ3v) is 8.78. The van der Waals surface area contributed by atoms with Crippen LogP contribution in [-0.2, 0) is 23.1 Å². The number of amides is 1. The summed E-state index contributed by atoms with van der Waals surface area (Å²) in [5.74, 6) is -0.0210. The number of carbonyl (C=O) groups is 1. The van der Waals surface area contributed by atoms with E-state index in [0.717, 1.165) is 25.7 Å². The van der Waals surface area contributed by atoms with Crippen LogP contribution < -0.4 is 10.2 Å². The number of hydrogen-bond acceptors (Lipinski definition) is 6. The quantitative estimate of drug-likeness (QED) is 0.0443. The minimum Gasteiger partial charge on any atom is -0.756 e. The number of unbranched alkanes of at least 4 members (excludes halogenated alkanes) is 19. The lowest BCUT2D eigenvalue weighted by molar-refractivity contribution is -0.870. The van der Waals surface area contributed by atoms with Crippen molar-refractivity contribution in [2.24, 2.45) is 0 Å². The molecular weight excluding hydrogens is 563 g/mol. The second-order valence-electron chi connectivity index (χ2n) is 13.4. The molecule has 9 heteroatoms. The molecule has 0 aliphatic rings. The normalized spacial score (nSPS) is 14.1. The molecule has 1 amide bonds. The van der Waals surface area contributed by atoms with E-state index in [1.165, 1.54) is 109 Å². The van der Waals surface area contributed by atoms with Crippen molar-refractivity contribution in [2.75, 3.05) is 54.1 Å². The Morgan fingerprint density at radius 2 is 1.12 bits per heavy atom. The predicted octanol–water partition coefficient (Wildman–Crippen LogP) is 8.32. The Morgan fingerprint density at radius 3 is 1.58 bits per heavy atom. The van der Waals surface area contributed by atoms with E-state index in [4.69, 9.17) is 13.8 Å². The van der Waals surface area contributed by atoms with Crippen LogP contribution in [-0.4, -0.2) is 70.5 Å². The maximum atomic E-state index is 12.4. The summed E-state index contributed by atoms with van der Waals surface area (Å²) in [6.45, 7) is 5.65. The fourth-order valence-electron chi connectivity index (χ4n) is 4.91. The number of hydrogen-bond donors (Lipinski definition) is 1. The molecule has 0 saturated heterocycles. The first-order valence-electron chi connectivity index (χ1n) is 17.9. The number of nitrogens with zero attached hydrogens (tertiary/aromatic N) is 1. The molecule has 0 aliphatic heterocycles. The molecule has 1 N–H and O–H groups in total. The molecule has 0 saturated carbocycles. The van der Waals surface area contributed by atoms with E-state index in [9.17, 15) is 14.3 Å². The Morgan fingerprint density at radius 1 is 0.674 bits per heavy atom. The van der Waals surface area contributed by atoms with Gasteiger partial charge in [0.1, 0.15) is 13.2 Å². The molecule has 0 aromatic rings. The van der Waals surface area contributed by atoms with Gasteiger partial charge in [0.05, 0.1) is 33.9 Å². The highest BCUT2D eigenvalue weighted by Crippen LogP contribution is 2.38. The molecule has 0 spiro atoms. The van der Waals surface area contributed by atoms with Crippen LogP contribution in [0.5, 0.6) is 0 Å². The monoisotopic (exact) mass is 635 g/mol. The lowest BCUT2D eigenvalue weighted by Crippen LogP contribution is -2.38. The van der Waals surface area contributed by atoms with Crippen LogP contribution in [0.2, 0.25) is 0 Å². The molecule has 8 nitrogen and oxygen atoms in total. The smallest absolute Gasteiger partial charge is 0.268 e. The van der Waals surface area contributed by atoms with Crippen molar-refractivity contribution in [1.29, 1.82) is 0 Å². The van der Waals surface area contributed by atoms with Gasteiger partial charge in [-0.25, -0.2) is 0 Å². The zero-order valence-corrected chi connectivity index (χ0v) is 29.9. The van der Waals surface area contributed by atoms with Gasteiger partial charge in [-0.05, 0) is 12.8 Å². The highest BCUT2D eigenvalue weighted by molar-refractivity contribution is 7.45. The second kappa shape index (κ2) is 28.9. The number of quaternary nitrogens is 1. The maximum Gasteiger partial charge on any atom is 0.268 e. The second-order valence-corrected chi connectivity index (χ2v) is 14.8. The number of rotatable bonds is 33. The average Bonchev–Trinajstić information content (AvgIpc) is 2.94. The zero-order chi connectivity index (χ0) is 32.1. The Bertz CT molecular complexity index is 674. The minimum atomic E-state index is -4.44. The van der Waals surface area contributed by atoms with Gasteiger partial charge >= 0.3 is 0 Å². The van der Waals surface area contributed by atoms with Crippen molar-refractivity contribution in [3.63, 3.8) is 0 Å². The highest BCUT2D eigenvalue weighted by atomic mass is 31.2. The fourth-order valence-corrected chi connectivity index (χ4v) is 5.64. The predicted molar refractivity (Wildman–Crippen MR) is 178 cm³/mol. The molecule has 2 atom stereocenters. The Balaban J connectivity index is 4.12. The summed E-state index contributed by atoms with van der Waals surface area (Å²) in [4.78, 5) is 24.7. The lowest BCUT2D eigenvalue weighted by atomic mass is 10.0. The highest BCUT2D eigenvalue weighted by Gasteiger charge is 2.18. The SMILES string of the molecule is CCCCCCCCCCCCCCCCCC(=O)NC[C@@H](COP(=O)([O-])OCC[N+](C)(C)C)OCCCCCCCC. The summed E-state index contributed by atoms with van der Waals surface area (Å²) in [5.41, 5.74) is 0.